The highest BCUT2D eigenvalue weighted by Gasteiger charge is 2.09. The smallest absolute Gasteiger partial charge is 0.123 e. The van der Waals surface area contributed by atoms with Gasteiger partial charge in [0.25, 0.3) is 0 Å². The van der Waals surface area contributed by atoms with E-state index in [1.807, 2.05) is 18.2 Å². The Kier molecular flexibility index (Phi) is 4.58. The van der Waals surface area contributed by atoms with Crippen molar-refractivity contribution < 1.29 is 4.74 Å². The van der Waals surface area contributed by atoms with Crippen LogP contribution in [0.5, 0.6) is 5.75 Å². The summed E-state index contributed by atoms with van der Waals surface area (Å²) < 4.78 is 5.40. The molecule has 2 heteroatoms. The Morgan fingerprint density at radius 1 is 1.11 bits per heavy atom. The first-order valence-electron chi connectivity index (χ1n) is 6.62. The molecule has 2 nitrogen and oxygen atoms in total. The summed E-state index contributed by atoms with van der Waals surface area (Å²) in [5, 5.41) is 3.54. The van der Waals surface area contributed by atoms with Crippen LogP contribution in [-0.2, 0) is 6.54 Å². The van der Waals surface area contributed by atoms with E-state index in [1.54, 1.807) is 7.11 Å². The van der Waals surface area contributed by atoms with Gasteiger partial charge in [-0.15, -0.1) is 0 Å². The summed E-state index contributed by atoms with van der Waals surface area (Å²) >= 11 is 0. The SMILES string of the molecule is COc1ccccc1[C@H](C)NCc1cccc(C)c1. The van der Waals surface area contributed by atoms with E-state index in [2.05, 4.69) is 49.5 Å². The number of nitrogens with one attached hydrogen (secondary N) is 1. The van der Waals surface area contributed by atoms with Crippen LogP contribution in [0, 0.1) is 6.92 Å². The van der Waals surface area contributed by atoms with Crippen molar-refractivity contribution in [1.82, 2.24) is 5.32 Å². The molecular weight excluding hydrogens is 234 g/mol. The van der Waals surface area contributed by atoms with Crippen molar-refractivity contribution in [2.75, 3.05) is 7.11 Å². The number of aryl methyl sites for hydroxylation is 1. The molecule has 19 heavy (non-hydrogen) atoms. The fraction of sp³-hybridized carbons (Fsp3) is 0.294. The molecule has 2 aromatic carbocycles. The van der Waals surface area contributed by atoms with Gasteiger partial charge in [-0.2, -0.15) is 0 Å². The van der Waals surface area contributed by atoms with Crippen LogP contribution in [0.4, 0.5) is 0 Å². The summed E-state index contributed by atoms with van der Waals surface area (Å²) in [7, 11) is 1.71. The van der Waals surface area contributed by atoms with E-state index in [0.29, 0.717) is 0 Å². The molecule has 0 aliphatic carbocycles. The van der Waals surface area contributed by atoms with Crippen molar-refractivity contribution in [3.8, 4) is 5.75 Å². The molecule has 0 fully saturated rings. The molecule has 0 aliphatic rings. The van der Waals surface area contributed by atoms with Crippen molar-refractivity contribution in [2.24, 2.45) is 0 Å². The van der Waals surface area contributed by atoms with Gasteiger partial charge in [-0.3, -0.25) is 0 Å². The summed E-state index contributed by atoms with van der Waals surface area (Å²) in [5.41, 5.74) is 3.80. The lowest BCUT2D eigenvalue weighted by Gasteiger charge is -2.17. The van der Waals surface area contributed by atoms with Crippen LogP contribution < -0.4 is 10.1 Å². The van der Waals surface area contributed by atoms with Crippen LogP contribution in [0.3, 0.4) is 0 Å². The zero-order valence-corrected chi connectivity index (χ0v) is 11.8. The van der Waals surface area contributed by atoms with Crippen LogP contribution in [0.2, 0.25) is 0 Å². The van der Waals surface area contributed by atoms with Crippen molar-refractivity contribution in [3.63, 3.8) is 0 Å². The second kappa shape index (κ2) is 6.39. The van der Waals surface area contributed by atoms with Gasteiger partial charge in [0.2, 0.25) is 0 Å². The number of para-hydroxylation sites is 1. The zero-order chi connectivity index (χ0) is 13.7. The third-order valence-electron chi connectivity index (χ3n) is 3.30. The number of rotatable bonds is 5. The molecule has 0 aromatic heterocycles. The Labute approximate surface area is 115 Å². The Morgan fingerprint density at radius 2 is 1.89 bits per heavy atom. The molecule has 2 rings (SSSR count). The molecule has 0 saturated heterocycles. The van der Waals surface area contributed by atoms with E-state index in [1.165, 1.54) is 16.7 Å². The van der Waals surface area contributed by atoms with Crippen LogP contribution >= 0.6 is 0 Å². The lowest BCUT2D eigenvalue weighted by atomic mass is 10.1. The minimum atomic E-state index is 0.261. The highest BCUT2D eigenvalue weighted by atomic mass is 16.5. The van der Waals surface area contributed by atoms with E-state index in [0.717, 1.165) is 12.3 Å². The lowest BCUT2D eigenvalue weighted by Crippen LogP contribution is -2.18. The molecule has 100 valence electrons. The third-order valence-corrected chi connectivity index (χ3v) is 3.30. The molecule has 0 spiro atoms. The first-order chi connectivity index (χ1) is 9.20. The molecule has 0 heterocycles. The number of hydrogen-bond acceptors (Lipinski definition) is 2. The summed E-state index contributed by atoms with van der Waals surface area (Å²) in [5.74, 6) is 0.937. The molecule has 0 unspecified atom stereocenters. The van der Waals surface area contributed by atoms with E-state index >= 15 is 0 Å². The van der Waals surface area contributed by atoms with Gasteiger partial charge in [0.05, 0.1) is 7.11 Å². The summed E-state index contributed by atoms with van der Waals surface area (Å²) in [4.78, 5) is 0. The predicted octanol–water partition coefficient (Wildman–Crippen LogP) is 3.85. The minimum absolute atomic E-state index is 0.261. The Hall–Kier alpha value is -1.80. The maximum atomic E-state index is 5.40. The number of hydrogen-bond donors (Lipinski definition) is 1. The molecule has 0 aliphatic heterocycles. The molecule has 1 N–H and O–H groups in total. The fourth-order valence-corrected chi connectivity index (χ4v) is 2.23. The zero-order valence-electron chi connectivity index (χ0n) is 11.8. The second-order valence-corrected chi connectivity index (χ2v) is 4.83. The number of benzene rings is 2. The molecule has 0 radical (unpaired) electrons. The van der Waals surface area contributed by atoms with E-state index in [4.69, 9.17) is 4.74 Å². The maximum absolute atomic E-state index is 5.40. The van der Waals surface area contributed by atoms with Crippen molar-refractivity contribution in [3.05, 3.63) is 65.2 Å². The van der Waals surface area contributed by atoms with Gasteiger partial charge >= 0.3 is 0 Å². The molecule has 0 amide bonds. The molecule has 0 saturated carbocycles. The molecular formula is C17H21NO. The summed E-state index contributed by atoms with van der Waals surface area (Å²) in [6, 6.07) is 17.0. The first-order valence-corrected chi connectivity index (χ1v) is 6.62. The number of methoxy groups -OCH3 is 1. The van der Waals surface area contributed by atoms with Crippen molar-refractivity contribution in [1.29, 1.82) is 0 Å². The maximum Gasteiger partial charge on any atom is 0.123 e. The summed E-state index contributed by atoms with van der Waals surface area (Å²) in [6.07, 6.45) is 0. The molecule has 1 atom stereocenters. The largest absolute Gasteiger partial charge is 0.496 e. The second-order valence-electron chi connectivity index (χ2n) is 4.83. The predicted molar refractivity (Wildman–Crippen MR) is 79.4 cm³/mol. The Balaban J connectivity index is 2.03. The van der Waals surface area contributed by atoms with E-state index in [9.17, 15) is 0 Å². The van der Waals surface area contributed by atoms with Gasteiger partial charge in [-0.05, 0) is 25.5 Å². The summed E-state index contributed by atoms with van der Waals surface area (Å²) in [6.45, 7) is 5.14. The quantitative estimate of drug-likeness (QED) is 0.876. The van der Waals surface area contributed by atoms with Crippen molar-refractivity contribution >= 4 is 0 Å². The minimum Gasteiger partial charge on any atom is -0.496 e. The highest BCUT2D eigenvalue weighted by Crippen LogP contribution is 2.24. The standard InChI is InChI=1S/C17H21NO/c1-13-7-6-8-15(11-13)12-18-14(2)16-9-4-5-10-17(16)19-3/h4-11,14,18H,12H2,1-3H3/t14-/m0/s1. The topological polar surface area (TPSA) is 21.3 Å². The van der Waals surface area contributed by atoms with E-state index in [-0.39, 0.29) is 6.04 Å². The van der Waals surface area contributed by atoms with Crippen LogP contribution in [-0.4, -0.2) is 7.11 Å². The normalized spacial score (nSPS) is 12.2. The van der Waals surface area contributed by atoms with Crippen molar-refractivity contribution in [2.45, 2.75) is 26.4 Å². The van der Waals surface area contributed by atoms with Gasteiger partial charge in [0, 0.05) is 18.2 Å². The van der Waals surface area contributed by atoms with Gasteiger partial charge in [0.1, 0.15) is 5.75 Å². The van der Waals surface area contributed by atoms with Crippen LogP contribution in [0.15, 0.2) is 48.5 Å². The lowest BCUT2D eigenvalue weighted by molar-refractivity contribution is 0.401. The van der Waals surface area contributed by atoms with Crippen LogP contribution in [0.1, 0.15) is 29.7 Å². The third kappa shape index (κ3) is 3.58. The van der Waals surface area contributed by atoms with Gasteiger partial charge in [0.15, 0.2) is 0 Å². The first kappa shape index (κ1) is 13.6. The molecule has 2 aromatic rings. The van der Waals surface area contributed by atoms with Gasteiger partial charge < -0.3 is 10.1 Å². The number of ether oxygens (including phenoxy) is 1. The average molecular weight is 255 g/mol. The fourth-order valence-electron chi connectivity index (χ4n) is 2.23. The highest BCUT2D eigenvalue weighted by molar-refractivity contribution is 5.35. The van der Waals surface area contributed by atoms with Gasteiger partial charge in [-0.1, -0.05) is 48.0 Å². The van der Waals surface area contributed by atoms with E-state index < -0.39 is 0 Å². The molecule has 0 bridgehead atoms. The monoisotopic (exact) mass is 255 g/mol. The van der Waals surface area contributed by atoms with Crippen LogP contribution in [0.25, 0.3) is 0 Å². The average Bonchev–Trinajstić information content (AvgIpc) is 2.45. The van der Waals surface area contributed by atoms with Gasteiger partial charge in [-0.25, -0.2) is 0 Å². The Morgan fingerprint density at radius 3 is 2.63 bits per heavy atom. The Bertz CT molecular complexity index is 536.